The van der Waals surface area contributed by atoms with E-state index in [1.807, 2.05) is 0 Å². The van der Waals surface area contributed by atoms with Gasteiger partial charge in [0.05, 0.1) is 0 Å². The van der Waals surface area contributed by atoms with Crippen molar-refractivity contribution in [3.05, 3.63) is 58.7 Å². The molecule has 0 aromatic heterocycles. The van der Waals surface area contributed by atoms with Gasteiger partial charge >= 0.3 is 0 Å². The van der Waals surface area contributed by atoms with Crippen LogP contribution in [-0.2, 0) is 5.41 Å². The molecule has 1 unspecified atom stereocenters. The van der Waals surface area contributed by atoms with Crippen LogP contribution in [-0.4, -0.2) is 5.66 Å². The van der Waals surface area contributed by atoms with Crippen molar-refractivity contribution in [3.8, 4) is 0 Å². The van der Waals surface area contributed by atoms with E-state index in [2.05, 4.69) is 84.9 Å². The molecular formula is C22H29P. The number of benzene rings is 2. The summed E-state index contributed by atoms with van der Waals surface area (Å²) < 4.78 is 0. The van der Waals surface area contributed by atoms with Crippen LogP contribution in [0.15, 0.2) is 36.4 Å². The molecule has 0 amide bonds. The molecule has 0 saturated carbocycles. The van der Waals surface area contributed by atoms with E-state index in [0.29, 0.717) is 11.6 Å². The summed E-state index contributed by atoms with van der Waals surface area (Å²) >= 11 is 0. The van der Waals surface area contributed by atoms with Crippen LogP contribution in [0, 0.1) is 6.92 Å². The van der Waals surface area contributed by atoms with Crippen LogP contribution in [0.4, 0.5) is 0 Å². The molecule has 3 rings (SSSR count). The maximum absolute atomic E-state index is 2.42. The maximum Gasteiger partial charge on any atom is 0.0159 e. The molecule has 1 aliphatic heterocycles. The van der Waals surface area contributed by atoms with E-state index >= 15 is 0 Å². The van der Waals surface area contributed by atoms with Crippen LogP contribution in [0.2, 0.25) is 0 Å². The Morgan fingerprint density at radius 2 is 1.52 bits per heavy atom. The predicted molar refractivity (Wildman–Crippen MR) is 105 cm³/mol. The lowest BCUT2D eigenvalue weighted by Gasteiger charge is -2.42. The number of hydrogen-bond donors (Lipinski definition) is 0. The van der Waals surface area contributed by atoms with Crippen molar-refractivity contribution in [3.63, 3.8) is 0 Å². The average Bonchev–Trinajstić information content (AvgIpc) is 2.48. The Balaban J connectivity index is 2.37. The van der Waals surface area contributed by atoms with Crippen molar-refractivity contribution in [2.45, 2.75) is 65.5 Å². The van der Waals surface area contributed by atoms with Crippen molar-refractivity contribution >= 4 is 18.5 Å². The number of hydrogen-bond acceptors (Lipinski definition) is 0. The van der Waals surface area contributed by atoms with E-state index < -0.39 is 0 Å². The molecular weight excluding hydrogens is 295 g/mol. The van der Waals surface area contributed by atoms with E-state index in [4.69, 9.17) is 0 Å². The molecule has 0 saturated heterocycles. The lowest BCUT2D eigenvalue weighted by Crippen LogP contribution is -2.40. The average molecular weight is 324 g/mol. The standard InChI is InChI=1S/C22H29P/c1-14(2)17-12-13-19-21(16(17)5)23(15(3)4)20-11-9-8-10-18(20)22(19,6)7/h8-15H,1-7H3. The first kappa shape index (κ1) is 16.7. The lowest BCUT2D eigenvalue weighted by atomic mass is 9.76. The van der Waals surface area contributed by atoms with E-state index in [1.54, 1.807) is 21.7 Å². The van der Waals surface area contributed by atoms with Gasteiger partial charge in [-0.15, -0.1) is 0 Å². The minimum atomic E-state index is -0.283. The van der Waals surface area contributed by atoms with Crippen molar-refractivity contribution < 1.29 is 0 Å². The monoisotopic (exact) mass is 324 g/mol. The van der Waals surface area contributed by atoms with Gasteiger partial charge in [0.1, 0.15) is 0 Å². The molecule has 2 aromatic rings. The Hall–Kier alpha value is -1.13. The van der Waals surface area contributed by atoms with E-state index in [0.717, 1.165) is 0 Å². The predicted octanol–water partition coefficient (Wildman–Crippen LogP) is 5.60. The molecule has 23 heavy (non-hydrogen) atoms. The van der Waals surface area contributed by atoms with Crippen LogP contribution in [0.25, 0.3) is 0 Å². The number of fused-ring (bicyclic) bond motifs is 2. The highest BCUT2D eigenvalue weighted by atomic mass is 31.1. The molecule has 0 fully saturated rings. The first-order valence-electron chi connectivity index (χ1n) is 8.79. The van der Waals surface area contributed by atoms with Gasteiger partial charge in [-0.25, -0.2) is 0 Å². The first-order valence-corrected chi connectivity index (χ1v) is 10.2. The third-order valence-electron chi connectivity index (χ3n) is 5.36. The largest absolute Gasteiger partial charge is 0.0619 e. The van der Waals surface area contributed by atoms with Crippen molar-refractivity contribution in [2.75, 3.05) is 0 Å². The molecule has 0 N–H and O–H groups in total. The minimum absolute atomic E-state index is 0.0971. The highest BCUT2D eigenvalue weighted by Gasteiger charge is 2.39. The van der Waals surface area contributed by atoms with Crippen molar-refractivity contribution in [1.29, 1.82) is 0 Å². The summed E-state index contributed by atoms with van der Waals surface area (Å²) in [5.74, 6) is 0.588. The van der Waals surface area contributed by atoms with Crippen LogP contribution in [0.3, 0.4) is 0 Å². The quantitative estimate of drug-likeness (QED) is 0.631. The summed E-state index contributed by atoms with van der Waals surface area (Å²) in [7, 11) is -0.283. The molecule has 0 radical (unpaired) electrons. The summed E-state index contributed by atoms with van der Waals surface area (Å²) in [5, 5.41) is 3.25. The fourth-order valence-corrected chi connectivity index (χ4v) is 7.45. The highest BCUT2D eigenvalue weighted by Crippen LogP contribution is 2.51. The summed E-state index contributed by atoms with van der Waals surface area (Å²) in [6, 6.07) is 14.0. The zero-order valence-corrected chi connectivity index (χ0v) is 16.5. The van der Waals surface area contributed by atoms with Gasteiger partial charge in [0.2, 0.25) is 0 Å². The molecule has 0 aliphatic carbocycles. The molecule has 0 bridgehead atoms. The molecule has 1 aliphatic rings. The molecule has 2 aromatic carbocycles. The van der Waals surface area contributed by atoms with E-state index in [1.165, 1.54) is 11.1 Å². The molecule has 1 heterocycles. The Morgan fingerprint density at radius 1 is 0.870 bits per heavy atom. The van der Waals surface area contributed by atoms with Crippen LogP contribution < -0.4 is 10.6 Å². The summed E-state index contributed by atoms with van der Waals surface area (Å²) in [6.45, 7) is 16.6. The maximum atomic E-state index is 2.42. The second-order valence-corrected chi connectivity index (χ2v) is 10.6. The number of rotatable bonds is 2. The van der Waals surface area contributed by atoms with Gasteiger partial charge in [-0.1, -0.05) is 77.9 Å². The van der Waals surface area contributed by atoms with Crippen LogP contribution in [0.1, 0.15) is 69.7 Å². The fraction of sp³-hybridized carbons (Fsp3) is 0.455. The van der Waals surface area contributed by atoms with Gasteiger partial charge in [-0.2, -0.15) is 0 Å². The lowest BCUT2D eigenvalue weighted by molar-refractivity contribution is 0.645. The molecule has 0 nitrogen and oxygen atoms in total. The zero-order valence-electron chi connectivity index (χ0n) is 15.6. The third-order valence-corrected chi connectivity index (χ3v) is 8.36. The van der Waals surface area contributed by atoms with Crippen LogP contribution in [0.5, 0.6) is 0 Å². The second-order valence-electron chi connectivity index (χ2n) is 7.94. The molecule has 0 spiro atoms. The topological polar surface area (TPSA) is 0 Å². The van der Waals surface area contributed by atoms with E-state index in [-0.39, 0.29) is 13.3 Å². The minimum Gasteiger partial charge on any atom is -0.0619 e. The Morgan fingerprint density at radius 3 is 2.13 bits per heavy atom. The Bertz CT molecular complexity index is 738. The van der Waals surface area contributed by atoms with Crippen LogP contribution >= 0.6 is 7.92 Å². The summed E-state index contributed by atoms with van der Waals surface area (Å²) in [4.78, 5) is 0. The van der Waals surface area contributed by atoms with Gasteiger partial charge in [-0.3, -0.25) is 0 Å². The Labute approximate surface area is 143 Å². The van der Waals surface area contributed by atoms with Gasteiger partial charge in [0.15, 0.2) is 0 Å². The smallest absolute Gasteiger partial charge is 0.0159 e. The van der Waals surface area contributed by atoms with Gasteiger partial charge < -0.3 is 0 Å². The highest BCUT2D eigenvalue weighted by molar-refractivity contribution is 7.74. The third kappa shape index (κ3) is 2.47. The van der Waals surface area contributed by atoms with Crippen molar-refractivity contribution in [1.82, 2.24) is 0 Å². The van der Waals surface area contributed by atoms with Gasteiger partial charge in [0, 0.05) is 5.41 Å². The van der Waals surface area contributed by atoms with Crippen molar-refractivity contribution in [2.24, 2.45) is 0 Å². The molecule has 122 valence electrons. The molecule has 1 atom stereocenters. The normalized spacial score (nSPS) is 18.9. The van der Waals surface area contributed by atoms with Gasteiger partial charge in [-0.05, 0) is 59.3 Å². The SMILES string of the molecule is Cc1c(C(C)C)ccc2c1P(C(C)C)c1ccccc1C2(C)C. The molecule has 1 heteroatoms. The second kappa shape index (κ2) is 5.75. The van der Waals surface area contributed by atoms with Gasteiger partial charge in [0.25, 0.3) is 0 Å². The fourth-order valence-electron chi connectivity index (χ4n) is 4.17. The van der Waals surface area contributed by atoms with E-state index in [9.17, 15) is 0 Å². The summed E-state index contributed by atoms with van der Waals surface area (Å²) in [5.41, 5.74) is 6.91. The first-order chi connectivity index (χ1) is 10.8. The summed E-state index contributed by atoms with van der Waals surface area (Å²) in [6.07, 6.45) is 0. The zero-order chi connectivity index (χ0) is 16.9. The Kier molecular flexibility index (Phi) is 4.18.